The lowest BCUT2D eigenvalue weighted by atomic mass is 10.2. The molecule has 6 heteroatoms. The predicted molar refractivity (Wildman–Crippen MR) is 68.2 cm³/mol. The standard InChI is InChI=1S/C12H9ClN4O/c1-18-10-3-2-7(13)4-9(10)12-16-8(6-14)5-11(15)17-12/h2-5H,1H3,(H2,15,16,17). The molecular weight excluding hydrogens is 252 g/mol. The van der Waals surface area contributed by atoms with Gasteiger partial charge in [-0.3, -0.25) is 0 Å². The van der Waals surface area contributed by atoms with Crippen LogP contribution in [0.25, 0.3) is 11.4 Å². The SMILES string of the molecule is COc1ccc(Cl)cc1-c1nc(N)cc(C#N)n1. The van der Waals surface area contributed by atoms with Crippen LogP contribution in [0.1, 0.15) is 5.69 Å². The van der Waals surface area contributed by atoms with E-state index in [1.165, 1.54) is 13.2 Å². The van der Waals surface area contributed by atoms with Gasteiger partial charge in [0, 0.05) is 11.1 Å². The number of nitriles is 1. The summed E-state index contributed by atoms with van der Waals surface area (Å²) in [6.45, 7) is 0. The van der Waals surface area contributed by atoms with Gasteiger partial charge < -0.3 is 10.5 Å². The van der Waals surface area contributed by atoms with Gasteiger partial charge in [-0.25, -0.2) is 9.97 Å². The summed E-state index contributed by atoms with van der Waals surface area (Å²) < 4.78 is 5.21. The molecule has 2 rings (SSSR count). The van der Waals surface area contributed by atoms with Crippen molar-refractivity contribution in [2.24, 2.45) is 0 Å². The fourth-order valence-corrected chi connectivity index (χ4v) is 1.67. The molecule has 2 N–H and O–H groups in total. The van der Waals surface area contributed by atoms with E-state index in [9.17, 15) is 0 Å². The van der Waals surface area contributed by atoms with Crippen molar-refractivity contribution < 1.29 is 4.74 Å². The van der Waals surface area contributed by atoms with Crippen molar-refractivity contribution in [2.45, 2.75) is 0 Å². The number of hydrogen-bond donors (Lipinski definition) is 1. The largest absolute Gasteiger partial charge is 0.496 e. The Labute approximate surface area is 109 Å². The normalized spacial score (nSPS) is 9.83. The maximum atomic E-state index is 8.86. The first-order valence-corrected chi connectivity index (χ1v) is 5.40. The van der Waals surface area contributed by atoms with E-state index >= 15 is 0 Å². The summed E-state index contributed by atoms with van der Waals surface area (Å²) in [5.74, 6) is 1.10. The third-order valence-electron chi connectivity index (χ3n) is 2.26. The predicted octanol–water partition coefficient (Wildman–Crippen LogP) is 2.26. The zero-order chi connectivity index (χ0) is 13.1. The maximum absolute atomic E-state index is 8.86. The summed E-state index contributed by atoms with van der Waals surface area (Å²) in [4.78, 5) is 8.16. The Morgan fingerprint density at radius 1 is 1.33 bits per heavy atom. The molecule has 0 aliphatic heterocycles. The lowest BCUT2D eigenvalue weighted by Crippen LogP contribution is -1.99. The van der Waals surface area contributed by atoms with Crippen molar-refractivity contribution in [3.8, 4) is 23.2 Å². The Bertz CT molecular complexity index is 636. The first kappa shape index (κ1) is 12.1. The van der Waals surface area contributed by atoms with E-state index in [4.69, 9.17) is 27.3 Å². The number of anilines is 1. The molecule has 2 aromatic rings. The van der Waals surface area contributed by atoms with Crippen LogP contribution in [0.4, 0.5) is 5.82 Å². The number of hydrogen-bond acceptors (Lipinski definition) is 5. The van der Waals surface area contributed by atoms with Gasteiger partial charge in [0.1, 0.15) is 23.3 Å². The summed E-state index contributed by atoms with van der Waals surface area (Å²) in [7, 11) is 1.53. The number of rotatable bonds is 2. The molecule has 0 aliphatic rings. The van der Waals surface area contributed by atoms with Crippen LogP contribution in [0, 0.1) is 11.3 Å². The van der Waals surface area contributed by atoms with Gasteiger partial charge in [-0.05, 0) is 18.2 Å². The van der Waals surface area contributed by atoms with Crippen LogP contribution in [0.5, 0.6) is 5.75 Å². The number of halogens is 1. The molecule has 0 saturated carbocycles. The molecular formula is C12H9ClN4O. The number of ether oxygens (including phenoxy) is 1. The fourth-order valence-electron chi connectivity index (χ4n) is 1.50. The Balaban J connectivity index is 2.65. The molecule has 90 valence electrons. The molecule has 0 unspecified atom stereocenters. The number of aromatic nitrogens is 2. The zero-order valence-corrected chi connectivity index (χ0v) is 10.3. The molecule has 0 aliphatic carbocycles. The molecule has 5 nitrogen and oxygen atoms in total. The highest BCUT2D eigenvalue weighted by atomic mass is 35.5. The van der Waals surface area contributed by atoms with Gasteiger partial charge in [0.05, 0.1) is 12.7 Å². The molecule has 0 bridgehead atoms. The average molecular weight is 261 g/mol. The van der Waals surface area contributed by atoms with Gasteiger partial charge >= 0.3 is 0 Å². The van der Waals surface area contributed by atoms with Crippen molar-refractivity contribution in [3.63, 3.8) is 0 Å². The number of nitrogens with two attached hydrogens (primary N) is 1. The summed E-state index contributed by atoms with van der Waals surface area (Å²) in [6.07, 6.45) is 0. The van der Waals surface area contributed by atoms with E-state index in [0.717, 1.165) is 0 Å². The molecule has 0 atom stereocenters. The van der Waals surface area contributed by atoms with E-state index in [1.807, 2.05) is 6.07 Å². The fraction of sp³-hybridized carbons (Fsp3) is 0.0833. The van der Waals surface area contributed by atoms with E-state index < -0.39 is 0 Å². The summed E-state index contributed by atoms with van der Waals surface area (Å²) in [5.41, 5.74) is 6.41. The van der Waals surface area contributed by atoms with Crippen LogP contribution < -0.4 is 10.5 Å². The minimum absolute atomic E-state index is 0.194. The molecule has 0 saturated heterocycles. The van der Waals surface area contributed by atoms with Gasteiger partial charge in [-0.1, -0.05) is 11.6 Å². The van der Waals surface area contributed by atoms with E-state index in [-0.39, 0.29) is 11.5 Å². The third-order valence-corrected chi connectivity index (χ3v) is 2.50. The highest BCUT2D eigenvalue weighted by Crippen LogP contribution is 2.30. The van der Waals surface area contributed by atoms with Crippen molar-refractivity contribution >= 4 is 17.4 Å². The maximum Gasteiger partial charge on any atom is 0.166 e. The Hall–Kier alpha value is -2.32. The first-order chi connectivity index (χ1) is 8.63. The number of nitrogens with zero attached hydrogens (tertiary/aromatic N) is 3. The topological polar surface area (TPSA) is 84.8 Å². The summed E-state index contributed by atoms with van der Waals surface area (Å²) in [6, 6.07) is 8.39. The molecule has 0 radical (unpaired) electrons. The van der Waals surface area contributed by atoms with Crippen LogP contribution in [0.2, 0.25) is 5.02 Å². The second-order valence-corrected chi connectivity index (χ2v) is 3.89. The second-order valence-electron chi connectivity index (χ2n) is 3.46. The molecule has 0 amide bonds. The molecule has 1 heterocycles. The summed E-state index contributed by atoms with van der Waals surface area (Å²) in [5, 5.41) is 9.38. The summed E-state index contributed by atoms with van der Waals surface area (Å²) >= 11 is 5.93. The Morgan fingerprint density at radius 2 is 2.11 bits per heavy atom. The van der Waals surface area contributed by atoms with E-state index in [0.29, 0.717) is 22.2 Å². The van der Waals surface area contributed by atoms with Gasteiger partial charge in [-0.2, -0.15) is 5.26 Å². The number of methoxy groups -OCH3 is 1. The van der Waals surface area contributed by atoms with Gasteiger partial charge in [0.2, 0.25) is 0 Å². The Kier molecular flexibility index (Phi) is 3.31. The minimum Gasteiger partial charge on any atom is -0.496 e. The smallest absolute Gasteiger partial charge is 0.166 e. The Morgan fingerprint density at radius 3 is 2.78 bits per heavy atom. The van der Waals surface area contributed by atoms with Crippen LogP contribution >= 0.6 is 11.6 Å². The van der Waals surface area contributed by atoms with Gasteiger partial charge in [0.15, 0.2) is 5.82 Å². The minimum atomic E-state index is 0.194. The zero-order valence-electron chi connectivity index (χ0n) is 9.51. The second kappa shape index (κ2) is 4.90. The number of benzene rings is 1. The lowest BCUT2D eigenvalue weighted by molar-refractivity contribution is 0.416. The van der Waals surface area contributed by atoms with Crippen molar-refractivity contribution in [1.82, 2.24) is 9.97 Å². The van der Waals surface area contributed by atoms with Crippen LogP contribution in [0.15, 0.2) is 24.3 Å². The highest BCUT2D eigenvalue weighted by molar-refractivity contribution is 6.30. The molecule has 1 aromatic carbocycles. The lowest BCUT2D eigenvalue weighted by Gasteiger charge is -2.08. The van der Waals surface area contributed by atoms with Crippen LogP contribution in [-0.2, 0) is 0 Å². The van der Waals surface area contributed by atoms with Crippen LogP contribution in [0.3, 0.4) is 0 Å². The van der Waals surface area contributed by atoms with Crippen molar-refractivity contribution in [1.29, 1.82) is 5.26 Å². The highest BCUT2D eigenvalue weighted by Gasteiger charge is 2.11. The van der Waals surface area contributed by atoms with Gasteiger partial charge in [0.25, 0.3) is 0 Å². The third kappa shape index (κ3) is 2.34. The number of nitrogen functional groups attached to an aromatic ring is 1. The first-order valence-electron chi connectivity index (χ1n) is 5.02. The molecule has 1 aromatic heterocycles. The van der Waals surface area contributed by atoms with Crippen LogP contribution in [-0.4, -0.2) is 17.1 Å². The quantitative estimate of drug-likeness (QED) is 0.895. The van der Waals surface area contributed by atoms with Crippen molar-refractivity contribution in [3.05, 3.63) is 35.0 Å². The van der Waals surface area contributed by atoms with E-state index in [2.05, 4.69) is 9.97 Å². The van der Waals surface area contributed by atoms with Gasteiger partial charge in [-0.15, -0.1) is 0 Å². The van der Waals surface area contributed by atoms with Crippen molar-refractivity contribution in [2.75, 3.05) is 12.8 Å². The average Bonchev–Trinajstić information content (AvgIpc) is 2.38. The van der Waals surface area contributed by atoms with E-state index in [1.54, 1.807) is 18.2 Å². The molecule has 0 spiro atoms. The molecule has 18 heavy (non-hydrogen) atoms. The molecule has 0 fully saturated rings. The monoisotopic (exact) mass is 260 g/mol.